The summed E-state index contributed by atoms with van der Waals surface area (Å²) in [6.07, 6.45) is 0. The first-order chi connectivity index (χ1) is 14.0. The van der Waals surface area contributed by atoms with Gasteiger partial charge in [-0.15, -0.1) is 11.3 Å². The van der Waals surface area contributed by atoms with Gasteiger partial charge in [0.1, 0.15) is 22.1 Å². The number of hydrogen-bond donors (Lipinski definition) is 1. The molecule has 0 radical (unpaired) electrons. The summed E-state index contributed by atoms with van der Waals surface area (Å²) in [6.45, 7) is 1.62. The number of carbonyl (C=O) groups excluding carboxylic acids is 2. The normalized spacial score (nSPS) is 10.4. The maximum atomic E-state index is 12.9. The molecule has 0 spiro atoms. The van der Waals surface area contributed by atoms with Gasteiger partial charge in [-0.05, 0) is 48.9 Å². The Morgan fingerprint density at radius 2 is 1.79 bits per heavy atom. The van der Waals surface area contributed by atoms with Gasteiger partial charge in [-0.1, -0.05) is 23.7 Å². The molecular formula is C21H17ClFNO4S. The van der Waals surface area contributed by atoms with Gasteiger partial charge >= 0.3 is 5.97 Å². The molecule has 0 fully saturated rings. The maximum absolute atomic E-state index is 12.9. The molecule has 0 aliphatic heterocycles. The summed E-state index contributed by atoms with van der Waals surface area (Å²) in [4.78, 5) is 24.8. The van der Waals surface area contributed by atoms with Crippen LogP contribution < -0.4 is 10.1 Å². The monoisotopic (exact) mass is 433 g/mol. The van der Waals surface area contributed by atoms with E-state index in [-0.39, 0.29) is 18.8 Å². The van der Waals surface area contributed by atoms with Crippen LogP contribution in [0.1, 0.15) is 17.3 Å². The lowest BCUT2D eigenvalue weighted by molar-refractivity contribution is -0.118. The first-order valence-corrected chi connectivity index (χ1v) is 9.96. The number of esters is 1. The molecule has 1 aromatic heterocycles. The minimum atomic E-state index is -0.534. The number of halogens is 2. The Balaban J connectivity index is 1.78. The van der Waals surface area contributed by atoms with E-state index in [0.717, 1.165) is 5.56 Å². The van der Waals surface area contributed by atoms with E-state index in [0.29, 0.717) is 21.3 Å². The first-order valence-electron chi connectivity index (χ1n) is 8.70. The van der Waals surface area contributed by atoms with Crippen molar-refractivity contribution < 1.29 is 23.5 Å². The average Bonchev–Trinajstić information content (AvgIpc) is 3.12. The van der Waals surface area contributed by atoms with Crippen molar-refractivity contribution in [3.8, 4) is 16.9 Å². The summed E-state index contributed by atoms with van der Waals surface area (Å²) >= 11 is 7.15. The molecule has 0 atom stereocenters. The molecule has 0 bridgehead atoms. The van der Waals surface area contributed by atoms with Crippen molar-refractivity contribution in [2.24, 2.45) is 0 Å². The van der Waals surface area contributed by atoms with Crippen molar-refractivity contribution in [2.75, 3.05) is 18.5 Å². The summed E-state index contributed by atoms with van der Waals surface area (Å²) in [7, 11) is 0. The zero-order valence-corrected chi connectivity index (χ0v) is 17.0. The third-order valence-electron chi connectivity index (χ3n) is 3.86. The van der Waals surface area contributed by atoms with Crippen LogP contribution in [0.3, 0.4) is 0 Å². The summed E-state index contributed by atoms with van der Waals surface area (Å²) in [5.74, 6) is -1.02. The molecule has 3 aromatic rings. The van der Waals surface area contributed by atoms with Crippen LogP contribution in [0, 0.1) is 5.82 Å². The molecule has 1 N–H and O–H groups in total. The van der Waals surface area contributed by atoms with E-state index in [1.807, 2.05) is 0 Å². The summed E-state index contributed by atoms with van der Waals surface area (Å²) in [5, 5.41) is 5.40. The van der Waals surface area contributed by atoms with Crippen molar-refractivity contribution in [1.82, 2.24) is 0 Å². The molecule has 1 amide bonds. The number of rotatable bonds is 7. The number of carbonyl (C=O) groups is 2. The summed E-state index contributed by atoms with van der Waals surface area (Å²) in [5.41, 5.74) is 1.69. The predicted octanol–water partition coefficient (Wildman–Crippen LogP) is 5.40. The van der Waals surface area contributed by atoms with Crippen molar-refractivity contribution in [3.05, 3.63) is 70.3 Å². The van der Waals surface area contributed by atoms with Crippen molar-refractivity contribution >= 4 is 39.8 Å². The topological polar surface area (TPSA) is 64.6 Å². The lowest BCUT2D eigenvalue weighted by Gasteiger charge is -2.10. The van der Waals surface area contributed by atoms with Crippen LogP contribution in [0.15, 0.2) is 53.9 Å². The Morgan fingerprint density at radius 3 is 2.45 bits per heavy atom. The van der Waals surface area contributed by atoms with Gasteiger partial charge < -0.3 is 14.8 Å². The lowest BCUT2D eigenvalue weighted by Crippen LogP contribution is -2.21. The second-order valence-electron chi connectivity index (χ2n) is 5.87. The van der Waals surface area contributed by atoms with Crippen LogP contribution in [0.25, 0.3) is 11.1 Å². The lowest BCUT2D eigenvalue weighted by atomic mass is 10.0. The number of ether oxygens (including phenoxy) is 2. The summed E-state index contributed by atoms with van der Waals surface area (Å²) in [6, 6.07) is 12.4. The van der Waals surface area contributed by atoms with Gasteiger partial charge in [-0.25, -0.2) is 9.18 Å². The third kappa shape index (κ3) is 5.34. The van der Waals surface area contributed by atoms with Crippen molar-refractivity contribution in [1.29, 1.82) is 0 Å². The molecule has 29 heavy (non-hydrogen) atoms. The highest BCUT2D eigenvalue weighted by atomic mass is 35.5. The van der Waals surface area contributed by atoms with E-state index < -0.39 is 17.7 Å². The number of amides is 1. The maximum Gasteiger partial charge on any atom is 0.341 e. The molecule has 0 saturated heterocycles. The Bertz CT molecular complexity index is 1000. The largest absolute Gasteiger partial charge is 0.484 e. The minimum Gasteiger partial charge on any atom is -0.484 e. The van der Waals surface area contributed by atoms with Gasteiger partial charge in [0.05, 0.1) is 6.61 Å². The molecule has 8 heteroatoms. The Kier molecular flexibility index (Phi) is 6.85. The van der Waals surface area contributed by atoms with Gasteiger partial charge in [0.2, 0.25) is 0 Å². The van der Waals surface area contributed by atoms with Gasteiger partial charge in [-0.2, -0.15) is 0 Å². The number of hydrogen-bond acceptors (Lipinski definition) is 5. The molecular weight excluding hydrogens is 417 g/mol. The Labute approximate surface area is 176 Å². The summed E-state index contributed by atoms with van der Waals surface area (Å²) < 4.78 is 23.4. The Hall–Kier alpha value is -2.90. The van der Waals surface area contributed by atoms with E-state index in [1.165, 1.54) is 35.6 Å². The molecule has 1 heterocycles. The zero-order chi connectivity index (χ0) is 20.8. The van der Waals surface area contributed by atoms with E-state index in [1.54, 1.807) is 36.6 Å². The van der Waals surface area contributed by atoms with Crippen LogP contribution in [0.5, 0.6) is 5.75 Å². The van der Waals surface area contributed by atoms with Crippen molar-refractivity contribution in [3.63, 3.8) is 0 Å². The van der Waals surface area contributed by atoms with Gasteiger partial charge in [0.15, 0.2) is 6.61 Å². The quantitative estimate of drug-likeness (QED) is 0.506. The highest BCUT2D eigenvalue weighted by Crippen LogP contribution is 2.36. The van der Waals surface area contributed by atoms with Crippen LogP contribution >= 0.6 is 22.9 Å². The molecule has 3 rings (SSSR count). The molecule has 150 valence electrons. The third-order valence-corrected chi connectivity index (χ3v) is 5.01. The van der Waals surface area contributed by atoms with Gasteiger partial charge in [0.25, 0.3) is 5.91 Å². The molecule has 5 nitrogen and oxygen atoms in total. The fourth-order valence-electron chi connectivity index (χ4n) is 2.54. The number of thiophene rings is 1. The standard InChI is InChI=1S/C21H17ClFNO4S/c1-2-27-21(26)19-17(13-3-5-14(22)6-4-13)12-29-20(19)24-18(25)11-28-16-9-7-15(23)8-10-16/h3-10,12H,2,11H2,1H3,(H,24,25). The van der Waals surface area contributed by atoms with Crippen LogP contribution in [-0.4, -0.2) is 25.1 Å². The van der Waals surface area contributed by atoms with E-state index in [4.69, 9.17) is 21.1 Å². The fourth-order valence-corrected chi connectivity index (χ4v) is 3.64. The number of anilines is 1. The van der Waals surface area contributed by atoms with E-state index in [2.05, 4.69) is 5.32 Å². The first kappa shape index (κ1) is 20.8. The van der Waals surface area contributed by atoms with Crippen LogP contribution in [0.2, 0.25) is 5.02 Å². The fraction of sp³-hybridized carbons (Fsp3) is 0.143. The van der Waals surface area contributed by atoms with Gasteiger partial charge in [-0.3, -0.25) is 4.79 Å². The highest BCUT2D eigenvalue weighted by molar-refractivity contribution is 7.15. The number of nitrogens with one attached hydrogen (secondary N) is 1. The van der Waals surface area contributed by atoms with Gasteiger partial charge in [0, 0.05) is 16.0 Å². The van der Waals surface area contributed by atoms with Crippen molar-refractivity contribution in [2.45, 2.75) is 6.92 Å². The van der Waals surface area contributed by atoms with Crippen LogP contribution in [0.4, 0.5) is 9.39 Å². The van der Waals surface area contributed by atoms with E-state index in [9.17, 15) is 14.0 Å². The molecule has 2 aromatic carbocycles. The second-order valence-corrected chi connectivity index (χ2v) is 7.19. The second kappa shape index (κ2) is 9.54. The molecule has 0 aliphatic rings. The zero-order valence-electron chi connectivity index (χ0n) is 15.4. The van der Waals surface area contributed by atoms with E-state index >= 15 is 0 Å². The molecule has 0 unspecified atom stereocenters. The average molecular weight is 434 g/mol. The van der Waals surface area contributed by atoms with Crippen LogP contribution in [-0.2, 0) is 9.53 Å². The molecule has 0 saturated carbocycles. The molecule has 0 aliphatic carbocycles. The number of benzene rings is 2. The SMILES string of the molecule is CCOC(=O)c1c(-c2ccc(Cl)cc2)csc1NC(=O)COc1ccc(F)cc1. The minimum absolute atomic E-state index is 0.204. The Morgan fingerprint density at radius 1 is 1.10 bits per heavy atom. The highest BCUT2D eigenvalue weighted by Gasteiger charge is 2.23. The smallest absolute Gasteiger partial charge is 0.341 e. The predicted molar refractivity (Wildman–Crippen MR) is 111 cm³/mol.